The number of rotatable bonds is 2. The van der Waals surface area contributed by atoms with E-state index in [1.54, 1.807) is 0 Å². The van der Waals surface area contributed by atoms with Crippen molar-refractivity contribution in [3.05, 3.63) is 30.3 Å². The number of carbonyl (C=O) groups excluding carboxylic acids is 1. The first-order valence-corrected chi connectivity index (χ1v) is 6.12. The zero-order valence-electron chi connectivity index (χ0n) is 5.99. The molecule has 0 unspecified atom stereocenters. The molecule has 1 aromatic carbocycles. The Hall–Kier alpha value is -0.320. The summed E-state index contributed by atoms with van der Waals surface area (Å²) in [7, 11) is 7.15. The van der Waals surface area contributed by atoms with E-state index in [0.29, 0.717) is 0 Å². The summed E-state index contributed by atoms with van der Waals surface area (Å²) in [4.78, 5) is 11.0. The lowest BCUT2D eigenvalue weighted by atomic mass is 10.3. The molecule has 0 aromatic heterocycles. The summed E-state index contributed by atoms with van der Waals surface area (Å²) in [6.45, 7) is 0. The summed E-state index contributed by atoms with van der Waals surface area (Å²) < 4.78 is 0. The molecule has 0 aliphatic rings. The molecular formula is C7H6ClNOS2. The quantitative estimate of drug-likeness (QED) is 0.769. The number of amides is 1. The van der Waals surface area contributed by atoms with Crippen molar-refractivity contribution in [1.29, 1.82) is 0 Å². The third-order valence-corrected chi connectivity index (χ3v) is 2.65. The Labute approximate surface area is 83.0 Å². The van der Waals surface area contributed by atoms with Gasteiger partial charge >= 0.3 is 0 Å². The molecule has 0 bridgehead atoms. The van der Waals surface area contributed by atoms with Crippen LogP contribution in [0.3, 0.4) is 0 Å². The van der Waals surface area contributed by atoms with E-state index in [9.17, 15) is 4.79 Å². The van der Waals surface area contributed by atoms with E-state index in [-0.39, 0.29) is 5.24 Å². The van der Waals surface area contributed by atoms with Gasteiger partial charge in [0.15, 0.2) is 0 Å². The Morgan fingerprint density at radius 1 is 1.33 bits per heavy atom. The first-order valence-electron chi connectivity index (χ1n) is 3.14. The van der Waals surface area contributed by atoms with Crippen LogP contribution >= 0.6 is 31.5 Å². The fourth-order valence-electron chi connectivity index (χ4n) is 0.689. The molecule has 0 fully saturated rings. The van der Waals surface area contributed by atoms with Crippen molar-refractivity contribution in [1.82, 2.24) is 0 Å². The number of carbonyl (C=O) groups is 1. The van der Waals surface area contributed by atoms with Gasteiger partial charge in [0.2, 0.25) is 0 Å². The Bertz CT molecular complexity index is 255. The average molecular weight is 220 g/mol. The van der Waals surface area contributed by atoms with Crippen LogP contribution in [0.25, 0.3) is 0 Å². The van der Waals surface area contributed by atoms with Crippen molar-refractivity contribution in [3.8, 4) is 0 Å². The van der Waals surface area contributed by atoms with Crippen LogP contribution in [0.4, 0.5) is 10.5 Å². The average Bonchev–Trinajstić information content (AvgIpc) is 2.06. The molecule has 64 valence electrons. The van der Waals surface area contributed by atoms with Crippen molar-refractivity contribution in [2.24, 2.45) is 0 Å². The highest BCUT2D eigenvalue weighted by Crippen LogP contribution is 2.27. The maximum atomic E-state index is 11.0. The summed E-state index contributed by atoms with van der Waals surface area (Å²) >= 11 is 0. The highest BCUT2D eigenvalue weighted by molar-refractivity contribution is 8.89. The monoisotopic (exact) mass is 219 g/mol. The molecule has 1 amide bonds. The molecule has 0 saturated carbocycles. The van der Waals surface area contributed by atoms with Crippen LogP contribution in [-0.2, 0) is 0 Å². The Balaban J connectivity index is 2.47. The standard InChI is InChI=1S/C7H6ClNOS2/c8-12-11-7(10)9-6-4-2-1-3-5-6/h1-5H,(H,9,10). The van der Waals surface area contributed by atoms with Crippen LogP contribution in [0.2, 0.25) is 0 Å². The van der Waals surface area contributed by atoms with E-state index in [1.807, 2.05) is 30.3 Å². The van der Waals surface area contributed by atoms with Gasteiger partial charge in [-0.3, -0.25) is 4.79 Å². The molecule has 0 heterocycles. The van der Waals surface area contributed by atoms with Gasteiger partial charge in [0, 0.05) is 26.5 Å². The van der Waals surface area contributed by atoms with Crippen LogP contribution in [0.1, 0.15) is 0 Å². The fourth-order valence-corrected chi connectivity index (χ4v) is 1.72. The van der Waals surface area contributed by atoms with Gasteiger partial charge in [-0.15, -0.1) is 0 Å². The first kappa shape index (κ1) is 9.77. The Morgan fingerprint density at radius 3 is 2.58 bits per heavy atom. The van der Waals surface area contributed by atoms with Gasteiger partial charge in [-0.1, -0.05) is 18.2 Å². The van der Waals surface area contributed by atoms with Gasteiger partial charge in [-0.25, -0.2) is 0 Å². The fraction of sp³-hybridized carbons (Fsp3) is 0. The summed E-state index contributed by atoms with van der Waals surface area (Å²) in [5.41, 5.74) is 0.778. The second-order valence-electron chi connectivity index (χ2n) is 1.92. The topological polar surface area (TPSA) is 29.1 Å². The van der Waals surface area contributed by atoms with E-state index in [0.717, 1.165) is 26.5 Å². The van der Waals surface area contributed by atoms with Gasteiger partial charge in [0.25, 0.3) is 5.24 Å². The molecule has 0 radical (unpaired) electrons. The minimum Gasteiger partial charge on any atom is -0.316 e. The first-order chi connectivity index (χ1) is 5.83. The number of halogens is 1. The second-order valence-corrected chi connectivity index (χ2v) is 4.60. The van der Waals surface area contributed by atoms with E-state index in [4.69, 9.17) is 10.7 Å². The highest BCUT2D eigenvalue weighted by Gasteiger charge is 2.00. The van der Waals surface area contributed by atoms with Crippen LogP contribution in [0.15, 0.2) is 30.3 Å². The van der Waals surface area contributed by atoms with Crippen LogP contribution < -0.4 is 5.32 Å². The van der Waals surface area contributed by atoms with Crippen molar-refractivity contribution < 1.29 is 4.79 Å². The molecule has 0 saturated heterocycles. The van der Waals surface area contributed by atoms with Gasteiger partial charge in [0.05, 0.1) is 0 Å². The van der Waals surface area contributed by atoms with Crippen LogP contribution in [0.5, 0.6) is 0 Å². The lowest BCUT2D eigenvalue weighted by Gasteiger charge is -2.00. The van der Waals surface area contributed by atoms with Crippen LogP contribution in [0, 0.1) is 0 Å². The molecule has 2 nitrogen and oxygen atoms in total. The maximum absolute atomic E-state index is 11.0. The normalized spacial score (nSPS) is 9.42. The molecule has 0 spiro atoms. The summed E-state index contributed by atoms with van der Waals surface area (Å²) in [6.07, 6.45) is 0. The number of hydrogen-bond donors (Lipinski definition) is 1. The second kappa shape index (κ2) is 5.35. The van der Waals surface area contributed by atoms with Gasteiger partial charge in [-0.2, -0.15) is 0 Å². The molecule has 0 aliphatic heterocycles. The molecule has 12 heavy (non-hydrogen) atoms. The third kappa shape index (κ3) is 3.38. The van der Waals surface area contributed by atoms with Gasteiger partial charge < -0.3 is 5.32 Å². The number of hydrogen-bond acceptors (Lipinski definition) is 3. The molecule has 0 aliphatic carbocycles. The lowest BCUT2D eigenvalue weighted by Crippen LogP contribution is -2.02. The minimum absolute atomic E-state index is 0.166. The van der Waals surface area contributed by atoms with Crippen LogP contribution in [-0.4, -0.2) is 5.24 Å². The van der Waals surface area contributed by atoms with Gasteiger partial charge in [0.1, 0.15) is 0 Å². The van der Waals surface area contributed by atoms with E-state index < -0.39 is 0 Å². The Kier molecular flexibility index (Phi) is 4.35. The summed E-state index contributed by atoms with van der Waals surface area (Å²) in [5, 5.41) is 2.50. The number of benzene rings is 1. The molecule has 0 atom stereocenters. The zero-order chi connectivity index (χ0) is 8.81. The Morgan fingerprint density at radius 2 is 2.00 bits per heavy atom. The van der Waals surface area contributed by atoms with Crippen molar-refractivity contribution in [2.45, 2.75) is 0 Å². The number of para-hydroxylation sites is 1. The van der Waals surface area contributed by atoms with E-state index >= 15 is 0 Å². The van der Waals surface area contributed by atoms with Crippen molar-refractivity contribution in [3.63, 3.8) is 0 Å². The lowest BCUT2D eigenvalue weighted by molar-refractivity contribution is 0.270. The third-order valence-electron chi connectivity index (χ3n) is 1.13. The molecule has 5 heteroatoms. The molecule has 1 rings (SSSR count). The number of nitrogens with one attached hydrogen (secondary N) is 1. The SMILES string of the molecule is O=C(Nc1ccccc1)SSCl. The number of anilines is 1. The molecule has 1 aromatic rings. The van der Waals surface area contributed by atoms with Gasteiger partial charge in [-0.05, 0) is 22.8 Å². The summed E-state index contributed by atoms with van der Waals surface area (Å²) in [6, 6.07) is 9.23. The van der Waals surface area contributed by atoms with E-state index in [1.165, 1.54) is 0 Å². The highest BCUT2D eigenvalue weighted by atomic mass is 35.7. The maximum Gasteiger partial charge on any atom is 0.295 e. The largest absolute Gasteiger partial charge is 0.316 e. The predicted octanol–water partition coefficient (Wildman–Crippen LogP) is 3.75. The van der Waals surface area contributed by atoms with Crippen molar-refractivity contribution in [2.75, 3.05) is 5.32 Å². The predicted molar refractivity (Wildman–Crippen MR) is 56.5 cm³/mol. The summed E-state index contributed by atoms with van der Waals surface area (Å²) in [5.74, 6) is 0. The van der Waals surface area contributed by atoms with E-state index in [2.05, 4.69) is 5.32 Å². The molecule has 1 N–H and O–H groups in total. The smallest absolute Gasteiger partial charge is 0.295 e. The van der Waals surface area contributed by atoms with Crippen molar-refractivity contribution >= 4 is 42.4 Å². The minimum atomic E-state index is -0.166. The molecular weight excluding hydrogens is 214 g/mol. The zero-order valence-corrected chi connectivity index (χ0v) is 8.38.